The van der Waals surface area contributed by atoms with Crippen LogP contribution in [0.2, 0.25) is 0 Å². The Morgan fingerprint density at radius 2 is 2.05 bits per heavy atom. The lowest BCUT2D eigenvalue weighted by Crippen LogP contribution is -2.63. The van der Waals surface area contributed by atoms with Crippen LogP contribution in [0.4, 0.5) is 0 Å². The van der Waals surface area contributed by atoms with Crippen molar-refractivity contribution >= 4 is 0 Å². The molecule has 3 heteroatoms. The predicted molar refractivity (Wildman–Crippen MR) is 88.5 cm³/mol. The Labute approximate surface area is 129 Å². The van der Waals surface area contributed by atoms with Crippen LogP contribution in [-0.4, -0.2) is 34.7 Å². The fourth-order valence-corrected chi connectivity index (χ4v) is 3.57. The van der Waals surface area contributed by atoms with Crippen LogP contribution in [-0.2, 0) is 6.54 Å². The van der Waals surface area contributed by atoms with E-state index in [9.17, 15) is 5.11 Å². The molecule has 0 aliphatic carbocycles. The molecule has 0 aromatic heterocycles. The maximum Gasteiger partial charge on any atom is 0.115 e. The minimum atomic E-state index is 0.246. The predicted octanol–water partition coefficient (Wildman–Crippen LogP) is 3.52. The van der Waals surface area contributed by atoms with E-state index in [-0.39, 0.29) is 5.54 Å². The first-order chi connectivity index (χ1) is 10.1. The summed E-state index contributed by atoms with van der Waals surface area (Å²) in [4.78, 5) is 2.64. The van der Waals surface area contributed by atoms with Gasteiger partial charge in [0.15, 0.2) is 0 Å². The smallest absolute Gasteiger partial charge is 0.115 e. The summed E-state index contributed by atoms with van der Waals surface area (Å²) in [6.45, 7) is 9.94. The molecule has 0 spiro atoms. The molecule has 0 bridgehead atoms. The van der Waals surface area contributed by atoms with E-state index in [1.807, 2.05) is 12.1 Å². The molecule has 1 saturated heterocycles. The number of rotatable bonds is 6. The number of phenols is 1. The van der Waals surface area contributed by atoms with Gasteiger partial charge in [0.05, 0.1) is 0 Å². The minimum Gasteiger partial charge on any atom is -0.508 e. The van der Waals surface area contributed by atoms with Crippen molar-refractivity contribution in [2.45, 2.75) is 64.6 Å². The fraction of sp³-hybridized carbons (Fsp3) is 0.667. The van der Waals surface area contributed by atoms with Gasteiger partial charge in [0, 0.05) is 31.2 Å². The van der Waals surface area contributed by atoms with Crippen molar-refractivity contribution in [1.82, 2.24) is 10.2 Å². The standard InChI is InChI=1S/C18H30N2O/c1-4-8-16-13-20(18(5-2,6-3)14-19-16)12-15-9-7-10-17(21)11-15/h7,9-11,16,19,21H,4-6,8,12-14H2,1-3H3. The Morgan fingerprint density at radius 3 is 2.67 bits per heavy atom. The van der Waals surface area contributed by atoms with Crippen LogP contribution in [0.15, 0.2) is 24.3 Å². The zero-order valence-corrected chi connectivity index (χ0v) is 13.7. The lowest BCUT2D eigenvalue weighted by Gasteiger charge is -2.50. The number of phenolic OH excluding ortho intramolecular Hbond substituents is 1. The first-order valence-electron chi connectivity index (χ1n) is 8.40. The fourth-order valence-electron chi connectivity index (χ4n) is 3.57. The number of piperazine rings is 1. The molecule has 21 heavy (non-hydrogen) atoms. The van der Waals surface area contributed by atoms with Crippen molar-refractivity contribution in [3.63, 3.8) is 0 Å². The summed E-state index contributed by atoms with van der Waals surface area (Å²) in [6, 6.07) is 8.29. The molecule has 1 aromatic carbocycles. The number of nitrogens with one attached hydrogen (secondary N) is 1. The second-order valence-corrected chi connectivity index (χ2v) is 6.35. The molecule has 118 valence electrons. The van der Waals surface area contributed by atoms with Crippen LogP contribution in [0.5, 0.6) is 5.75 Å². The highest BCUT2D eigenvalue weighted by Crippen LogP contribution is 2.30. The van der Waals surface area contributed by atoms with Gasteiger partial charge in [-0.15, -0.1) is 0 Å². The Hall–Kier alpha value is -1.06. The Bertz CT molecular complexity index is 443. The van der Waals surface area contributed by atoms with Gasteiger partial charge < -0.3 is 10.4 Å². The lowest BCUT2D eigenvalue weighted by atomic mass is 9.86. The van der Waals surface area contributed by atoms with Crippen LogP contribution in [0.1, 0.15) is 52.0 Å². The van der Waals surface area contributed by atoms with Gasteiger partial charge in [0.1, 0.15) is 5.75 Å². The van der Waals surface area contributed by atoms with Gasteiger partial charge in [0.25, 0.3) is 0 Å². The number of hydrogen-bond donors (Lipinski definition) is 2. The lowest BCUT2D eigenvalue weighted by molar-refractivity contribution is 0.0227. The molecule has 1 heterocycles. The summed E-state index contributed by atoms with van der Waals surface area (Å²) < 4.78 is 0. The van der Waals surface area contributed by atoms with Crippen LogP contribution in [0, 0.1) is 0 Å². The molecule has 1 aliphatic rings. The normalized spacial score (nSPS) is 22.3. The number of aromatic hydroxyl groups is 1. The number of benzene rings is 1. The monoisotopic (exact) mass is 290 g/mol. The Balaban J connectivity index is 2.16. The van der Waals surface area contributed by atoms with Gasteiger partial charge in [-0.1, -0.05) is 39.3 Å². The second-order valence-electron chi connectivity index (χ2n) is 6.35. The van der Waals surface area contributed by atoms with Crippen LogP contribution in [0.3, 0.4) is 0 Å². The van der Waals surface area contributed by atoms with E-state index in [0.717, 1.165) is 32.5 Å². The third-order valence-corrected chi connectivity index (χ3v) is 5.07. The van der Waals surface area contributed by atoms with Crippen molar-refractivity contribution in [3.05, 3.63) is 29.8 Å². The number of nitrogens with zero attached hydrogens (tertiary/aromatic N) is 1. The highest BCUT2D eigenvalue weighted by molar-refractivity contribution is 5.27. The molecule has 1 atom stereocenters. The largest absolute Gasteiger partial charge is 0.508 e. The third-order valence-electron chi connectivity index (χ3n) is 5.07. The zero-order chi connectivity index (χ0) is 15.3. The average molecular weight is 290 g/mol. The zero-order valence-electron chi connectivity index (χ0n) is 13.7. The maximum atomic E-state index is 9.69. The first-order valence-corrected chi connectivity index (χ1v) is 8.40. The molecule has 2 rings (SSSR count). The molecular formula is C18H30N2O. The summed E-state index contributed by atoms with van der Waals surface area (Å²) in [5.74, 6) is 0.367. The third kappa shape index (κ3) is 3.78. The maximum absolute atomic E-state index is 9.69. The molecule has 3 nitrogen and oxygen atoms in total. The van der Waals surface area contributed by atoms with Crippen LogP contribution < -0.4 is 5.32 Å². The van der Waals surface area contributed by atoms with E-state index >= 15 is 0 Å². The topological polar surface area (TPSA) is 35.5 Å². The first kappa shape index (κ1) is 16.3. The van der Waals surface area contributed by atoms with Crippen molar-refractivity contribution in [3.8, 4) is 5.75 Å². The van der Waals surface area contributed by atoms with Gasteiger partial charge in [-0.2, -0.15) is 0 Å². The van der Waals surface area contributed by atoms with Gasteiger partial charge in [-0.3, -0.25) is 4.90 Å². The Kier molecular flexibility index (Phi) is 5.65. The molecule has 1 unspecified atom stereocenters. The van der Waals surface area contributed by atoms with Gasteiger partial charge >= 0.3 is 0 Å². The molecule has 0 amide bonds. The van der Waals surface area contributed by atoms with Crippen molar-refractivity contribution in [2.24, 2.45) is 0 Å². The summed E-state index contributed by atoms with van der Waals surface area (Å²) in [5.41, 5.74) is 1.45. The van der Waals surface area contributed by atoms with Crippen LogP contribution in [0.25, 0.3) is 0 Å². The molecule has 0 saturated carbocycles. The van der Waals surface area contributed by atoms with E-state index in [0.29, 0.717) is 11.8 Å². The van der Waals surface area contributed by atoms with Gasteiger partial charge in [0.2, 0.25) is 0 Å². The molecule has 1 aliphatic heterocycles. The van der Waals surface area contributed by atoms with E-state index in [2.05, 4.69) is 37.1 Å². The van der Waals surface area contributed by atoms with E-state index in [1.165, 1.54) is 18.4 Å². The molecular weight excluding hydrogens is 260 g/mol. The SMILES string of the molecule is CCCC1CN(Cc2cccc(O)c2)C(CC)(CC)CN1. The van der Waals surface area contributed by atoms with Gasteiger partial charge in [-0.05, 0) is 37.0 Å². The summed E-state index contributed by atoms with van der Waals surface area (Å²) >= 11 is 0. The molecule has 2 N–H and O–H groups in total. The highest BCUT2D eigenvalue weighted by Gasteiger charge is 2.38. The molecule has 1 fully saturated rings. The van der Waals surface area contributed by atoms with E-state index in [1.54, 1.807) is 6.07 Å². The van der Waals surface area contributed by atoms with E-state index in [4.69, 9.17) is 0 Å². The van der Waals surface area contributed by atoms with Gasteiger partial charge in [-0.25, -0.2) is 0 Å². The van der Waals surface area contributed by atoms with E-state index < -0.39 is 0 Å². The highest BCUT2D eigenvalue weighted by atomic mass is 16.3. The molecule has 0 radical (unpaired) electrons. The van der Waals surface area contributed by atoms with Crippen molar-refractivity contribution in [2.75, 3.05) is 13.1 Å². The quantitative estimate of drug-likeness (QED) is 0.841. The van der Waals surface area contributed by atoms with Crippen LogP contribution >= 0.6 is 0 Å². The number of hydrogen-bond acceptors (Lipinski definition) is 3. The summed E-state index contributed by atoms with van der Waals surface area (Å²) in [5, 5.41) is 13.4. The average Bonchev–Trinajstić information content (AvgIpc) is 2.49. The second kappa shape index (κ2) is 7.28. The minimum absolute atomic E-state index is 0.246. The Morgan fingerprint density at radius 1 is 1.29 bits per heavy atom. The summed E-state index contributed by atoms with van der Waals surface area (Å²) in [7, 11) is 0. The van der Waals surface area contributed by atoms with Crippen molar-refractivity contribution < 1.29 is 5.11 Å². The van der Waals surface area contributed by atoms with Crippen molar-refractivity contribution in [1.29, 1.82) is 0 Å². The summed E-state index contributed by atoms with van der Waals surface area (Å²) in [6.07, 6.45) is 4.78. The molecule has 1 aromatic rings.